The van der Waals surface area contributed by atoms with Crippen molar-refractivity contribution in [1.82, 2.24) is 10.6 Å². The molecule has 37 heavy (non-hydrogen) atoms. The first-order chi connectivity index (χ1) is 17.9. The van der Waals surface area contributed by atoms with Gasteiger partial charge in [-0.15, -0.1) is 11.3 Å². The van der Waals surface area contributed by atoms with Crippen molar-refractivity contribution >= 4 is 40.5 Å². The summed E-state index contributed by atoms with van der Waals surface area (Å²) in [5, 5.41) is 7.39. The molecule has 0 saturated carbocycles. The van der Waals surface area contributed by atoms with Crippen LogP contribution in [0.5, 0.6) is 0 Å². The van der Waals surface area contributed by atoms with E-state index in [4.69, 9.17) is 4.74 Å². The third kappa shape index (κ3) is 6.69. The highest BCUT2D eigenvalue weighted by Crippen LogP contribution is 2.29. The molecule has 3 amide bonds. The Morgan fingerprint density at radius 2 is 1.76 bits per heavy atom. The monoisotopic (exact) mass is 519 g/mol. The molecule has 1 saturated heterocycles. The first kappa shape index (κ1) is 26.2. The fraction of sp³-hybridized carbons (Fsp3) is 0.286. The summed E-state index contributed by atoms with van der Waals surface area (Å²) < 4.78 is 5.64. The van der Waals surface area contributed by atoms with E-state index in [0.717, 1.165) is 12.8 Å². The zero-order valence-corrected chi connectivity index (χ0v) is 21.3. The number of nitrogens with zero attached hydrogens (tertiary/aromatic N) is 1. The lowest BCUT2D eigenvalue weighted by atomic mass is 10.0. The van der Waals surface area contributed by atoms with Crippen LogP contribution in [-0.2, 0) is 14.3 Å². The molecule has 3 aromatic rings. The molecular formula is C28H29N3O5S. The molecule has 1 aliphatic rings. The molecule has 0 unspecified atom stereocenters. The molecule has 1 fully saturated rings. The molecule has 0 aliphatic carbocycles. The molecular weight excluding hydrogens is 490 g/mol. The normalized spacial score (nSPS) is 15.5. The van der Waals surface area contributed by atoms with Crippen molar-refractivity contribution < 1.29 is 23.9 Å². The molecule has 0 spiro atoms. The smallest absolute Gasteiger partial charge is 0.261 e. The van der Waals surface area contributed by atoms with E-state index in [9.17, 15) is 19.2 Å². The van der Waals surface area contributed by atoms with Gasteiger partial charge in [0.25, 0.3) is 5.91 Å². The first-order valence-electron chi connectivity index (χ1n) is 12.1. The Morgan fingerprint density at radius 3 is 2.38 bits per heavy atom. The van der Waals surface area contributed by atoms with Crippen molar-refractivity contribution in [2.45, 2.75) is 31.9 Å². The van der Waals surface area contributed by atoms with Gasteiger partial charge < -0.3 is 15.4 Å². The highest BCUT2D eigenvalue weighted by atomic mass is 32.1. The van der Waals surface area contributed by atoms with E-state index < -0.39 is 11.9 Å². The standard InChI is InChI=1S/C28H29N3O5S/c1-19(32)20-11-13-22(14-12-20)31(25(33)18-30-27(34)24-10-6-16-37-24)26(21-7-3-2-4-8-21)28(35)29-17-23-9-5-15-36-23/h2-4,6-8,10-14,16,23,26H,5,9,15,17-18H2,1H3,(H,29,35)(H,30,34)/t23-,26-/m0/s1. The van der Waals surface area contributed by atoms with E-state index in [-0.39, 0.29) is 30.2 Å². The van der Waals surface area contributed by atoms with Crippen LogP contribution in [0.3, 0.4) is 0 Å². The van der Waals surface area contributed by atoms with Crippen LogP contribution in [0.15, 0.2) is 72.1 Å². The van der Waals surface area contributed by atoms with Gasteiger partial charge in [-0.25, -0.2) is 0 Å². The van der Waals surface area contributed by atoms with E-state index in [2.05, 4.69) is 10.6 Å². The third-order valence-electron chi connectivity index (χ3n) is 6.12. The van der Waals surface area contributed by atoms with Crippen LogP contribution in [0, 0.1) is 0 Å². The summed E-state index contributed by atoms with van der Waals surface area (Å²) >= 11 is 1.27. The zero-order chi connectivity index (χ0) is 26.2. The maximum Gasteiger partial charge on any atom is 0.261 e. The van der Waals surface area contributed by atoms with Gasteiger partial charge in [0.15, 0.2) is 5.78 Å². The summed E-state index contributed by atoms with van der Waals surface area (Å²) in [6.07, 6.45) is 1.74. The third-order valence-corrected chi connectivity index (χ3v) is 6.98. The second-order valence-electron chi connectivity index (χ2n) is 8.72. The van der Waals surface area contributed by atoms with Gasteiger partial charge in [0.1, 0.15) is 6.04 Å². The predicted octanol–water partition coefficient (Wildman–Crippen LogP) is 3.75. The van der Waals surface area contributed by atoms with Gasteiger partial charge in [0.05, 0.1) is 17.5 Å². The van der Waals surface area contributed by atoms with Crippen LogP contribution < -0.4 is 15.5 Å². The average Bonchev–Trinajstić information content (AvgIpc) is 3.64. The molecule has 2 N–H and O–H groups in total. The lowest BCUT2D eigenvalue weighted by molar-refractivity contribution is -0.126. The van der Waals surface area contributed by atoms with Crippen molar-refractivity contribution in [1.29, 1.82) is 0 Å². The van der Waals surface area contributed by atoms with Gasteiger partial charge in [-0.05, 0) is 61.0 Å². The van der Waals surface area contributed by atoms with E-state index >= 15 is 0 Å². The van der Waals surface area contributed by atoms with Crippen molar-refractivity contribution in [3.8, 4) is 0 Å². The molecule has 8 nitrogen and oxygen atoms in total. The number of amides is 3. The summed E-state index contributed by atoms with van der Waals surface area (Å²) in [6, 6.07) is 17.9. The minimum Gasteiger partial charge on any atom is -0.376 e. The van der Waals surface area contributed by atoms with Crippen molar-refractivity contribution in [2.24, 2.45) is 0 Å². The number of carbonyl (C=O) groups is 4. The van der Waals surface area contributed by atoms with Crippen LogP contribution in [0.2, 0.25) is 0 Å². The van der Waals surface area contributed by atoms with Crippen LogP contribution in [0.25, 0.3) is 0 Å². The van der Waals surface area contributed by atoms with Gasteiger partial charge in [-0.1, -0.05) is 36.4 Å². The quantitative estimate of drug-likeness (QED) is 0.397. The Labute approximate surface area is 219 Å². The van der Waals surface area contributed by atoms with E-state index in [1.54, 1.807) is 66.0 Å². The number of rotatable bonds is 10. The summed E-state index contributed by atoms with van der Waals surface area (Å²) in [5.74, 6) is -1.31. The average molecular weight is 520 g/mol. The van der Waals surface area contributed by atoms with Crippen molar-refractivity contribution in [3.05, 3.63) is 88.1 Å². The molecule has 1 aliphatic heterocycles. The van der Waals surface area contributed by atoms with E-state index in [1.165, 1.54) is 23.2 Å². The minimum absolute atomic E-state index is 0.0653. The number of Topliss-reactive ketones (excluding diaryl/α,β-unsaturated/α-hetero) is 1. The van der Waals surface area contributed by atoms with Gasteiger partial charge in [0, 0.05) is 24.4 Å². The number of ether oxygens (including phenoxy) is 1. The Balaban J connectivity index is 1.65. The topological polar surface area (TPSA) is 105 Å². The number of thiophene rings is 1. The minimum atomic E-state index is -1.00. The van der Waals surface area contributed by atoms with E-state index in [1.807, 2.05) is 6.07 Å². The lowest BCUT2D eigenvalue weighted by Gasteiger charge is -2.32. The highest BCUT2D eigenvalue weighted by Gasteiger charge is 2.33. The van der Waals surface area contributed by atoms with Crippen LogP contribution in [0.1, 0.15) is 51.4 Å². The maximum atomic E-state index is 13.7. The largest absolute Gasteiger partial charge is 0.376 e. The fourth-order valence-electron chi connectivity index (χ4n) is 4.20. The zero-order valence-electron chi connectivity index (χ0n) is 20.5. The molecule has 0 bridgehead atoms. The first-order valence-corrected chi connectivity index (χ1v) is 13.0. The number of benzene rings is 2. The van der Waals surface area contributed by atoms with Gasteiger partial charge >= 0.3 is 0 Å². The Kier molecular flexibility index (Phi) is 8.81. The fourth-order valence-corrected chi connectivity index (χ4v) is 4.84. The van der Waals surface area contributed by atoms with Crippen molar-refractivity contribution in [2.75, 3.05) is 24.6 Å². The predicted molar refractivity (Wildman–Crippen MR) is 142 cm³/mol. The highest BCUT2D eigenvalue weighted by molar-refractivity contribution is 7.12. The number of anilines is 1. The Bertz CT molecular complexity index is 1220. The summed E-state index contributed by atoms with van der Waals surface area (Å²) in [7, 11) is 0. The molecule has 192 valence electrons. The van der Waals surface area contributed by atoms with E-state index in [0.29, 0.717) is 34.8 Å². The second-order valence-corrected chi connectivity index (χ2v) is 9.67. The molecule has 2 atom stereocenters. The van der Waals surface area contributed by atoms with Gasteiger partial charge in [0.2, 0.25) is 11.8 Å². The SMILES string of the molecule is CC(=O)c1ccc(N(C(=O)CNC(=O)c2cccs2)[C@H](C(=O)NC[C@@H]2CCCO2)c2ccccc2)cc1. The molecule has 2 heterocycles. The summed E-state index contributed by atoms with van der Waals surface area (Å²) in [5.41, 5.74) is 1.53. The van der Waals surface area contributed by atoms with Crippen LogP contribution in [0.4, 0.5) is 5.69 Å². The summed E-state index contributed by atoms with van der Waals surface area (Å²) in [4.78, 5) is 53.5. The van der Waals surface area contributed by atoms with Gasteiger partial charge in [-0.3, -0.25) is 24.1 Å². The summed E-state index contributed by atoms with van der Waals surface area (Å²) in [6.45, 7) is 2.15. The second kappa shape index (κ2) is 12.4. The number of nitrogens with one attached hydrogen (secondary N) is 2. The van der Waals surface area contributed by atoms with Crippen LogP contribution in [-0.4, -0.2) is 49.3 Å². The number of hydrogen-bond donors (Lipinski definition) is 2. The lowest BCUT2D eigenvalue weighted by Crippen LogP contribution is -2.48. The molecule has 0 radical (unpaired) electrons. The van der Waals surface area contributed by atoms with Crippen LogP contribution >= 0.6 is 11.3 Å². The Morgan fingerprint density at radius 1 is 1.00 bits per heavy atom. The van der Waals surface area contributed by atoms with Crippen molar-refractivity contribution in [3.63, 3.8) is 0 Å². The number of ketones is 1. The molecule has 4 rings (SSSR count). The number of carbonyl (C=O) groups excluding carboxylic acids is 4. The molecule has 2 aromatic carbocycles. The van der Waals surface area contributed by atoms with Gasteiger partial charge in [-0.2, -0.15) is 0 Å². The number of hydrogen-bond acceptors (Lipinski definition) is 6. The molecule has 9 heteroatoms. The molecule has 1 aromatic heterocycles. The Hall–Kier alpha value is -3.82. The maximum absolute atomic E-state index is 13.7.